The number of nitrogens with zero attached hydrogens (tertiary/aromatic N) is 4. The van der Waals surface area contributed by atoms with E-state index in [1.807, 2.05) is 12.3 Å². The molecule has 4 heteroatoms. The molecule has 2 aromatic rings. The fourth-order valence-corrected chi connectivity index (χ4v) is 3.38. The van der Waals surface area contributed by atoms with Crippen molar-refractivity contribution in [3.8, 4) is 0 Å². The summed E-state index contributed by atoms with van der Waals surface area (Å²) in [6, 6.07) is 11.0. The predicted octanol–water partition coefficient (Wildman–Crippen LogP) is 4.19. The zero-order valence-corrected chi connectivity index (χ0v) is 14.4. The molecule has 0 bridgehead atoms. The van der Waals surface area contributed by atoms with Gasteiger partial charge in [-0.15, -0.1) is 0 Å². The molecule has 4 nitrogen and oxygen atoms in total. The smallest absolute Gasteiger partial charge is 0.232 e. The van der Waals surface area contributed by atoms with E-state index >= 15 is 0 Å². The molecule has 0 radical (unpaired) electrons. The fraction of sp³-hybridized carbons (Fsp3) is 0.474. The molecule has 0 saturated heterocycles. The molecule has 0 amide bonds. The average Bonchev–Trinajstić information content (AvgIpc) is 2.90. The number of benzene rings is 1. The second-order valence-corrected chi connectivity index (χ2v) is 6.25. The average molecular weight is 310 g/mol. The van der Waals surface area contributed by atoms with E-state index in [0.717, 1.165) is 44.1 Å². The zero-order valence-electron chi connectivity index (χ0n) is 14.4. The van der Waals surface area contributed by atoms with E-state index in [9.17, 15) is 0 Å². The molecule has 0 spiro atoms. The quantitative estimate of drug-likeness (QED) is 0.801. The van der Waals surface area contributed by atoms with Gasteiger partial charge in [-0.1, -0.05) is 32.0 Å². The van der Waals surface area contributed by atoms with Gasteiger partial charge in [-0.05, 0) is 43.9 Å². The Hall–Kier alpha value is -2.10. The van der Waals surface area contributed by atoms with E-state index in [-0.39, 0.29) is 0 Å². The van der Waals surface area contributed by atoms with Crippen LogP contribution in [0.15, 0.2) is 36.5 Å². The molecule has 1 atom stereocenters. The van der Waals surface area contributed by atoms with Crippen molar-refractivity contribution in [2.24, 2.45) is 0 Å². The Labute approximate surface area is 139 Å². The lowest BCUT2D eigenvalue weighted by molar-refractivity contribution is 0.717. The van der Waals surface area contributed by atoms with Gasteiger partial charge in [-0.3, -0.25) is 0 Å². The molecule has 0 aliphatic carbocycles. The molecule has 1 aliphatic heterocycles. The second kappa shape index (κ2) is 6.99. The number of fused-ring (bicyclic) bond motifs is 1. The molecule has 122 valence electrons. The van der Waals surface area contributed by atoms with Crippen molar-refractivity contribution < 1.29 is 0 Å². The van der Waals surface area contributed by atoms with E-state index in [0.29, 0.717) is 6.04 Å². The lowest BCUT2D eigenvalue weighted by Gasteiger charge is -2.26. The Morgan fingerprint density at radius 1 is 1.13 bits per heavy atom. The predicted molar refractivity (Wildman–Crippen MR) is 96.6 cm³/mol. The van der Waals surface area contributed by atoms with Gasteiger partial charge in [0.05, 0.1) is 0 Å². The third-order valence-corrected chi connectivity index (χ3v) is 4.36. The maximum Gasteiger partial charge on any atom is 0.232 e. The van der Waals surface area contributed by atoms with Gasteiger partial charge in [0.1, 0.15) is 5.82 Å². The summed E-state index contributed by atoms with van der Waals surface area (Å²) in [5.74, 6) is 1.85. The van der Waals surface area contributed by atoms with Crippen LogP contribution in [0.1, 0.15) is 39.2 Å². The second-order valence-electron chi connectivity index (χ2n) is 6.25. The minimum absolute atomic E-state index is 0.397. The minimum atomic E-state index is 0.397. The van der Waals surface area contributed by atoms with Crippen LogP contribution >= 0.6 is 0 Å². The Balaban J connectivity index is 1.93. The van der Waals surface area contributed by atoms with Gasteiger partial charge >= 0.3 is 0 Å². The van der Waals surface area contributed by atoms with Crippen LogP contribution in [0, 0.1) is 0 Å². The van der Waals surface area contributed by atoms with Crippen LogP contribution in [-0.4, -0.2) is 29.1 Å². The van der Waals surface area contributed by atoms with Crippen molar-refractivity contribution in [3.05, 3.63) is 42.1 Å². The van der Waals surface area contributed by atoms with Crippen LogP contribution in [0.25, 0.3) is 0 Å². The lowest BCUT2D eigenvalue weighted by Crippen LogP contribution is -2.29. The zero-order chi connectivity index (χ0) is 16.2. The van der Waals surface area contributed by atoms with Gasteiger partial charge in [0.25, 0.3) is 0 Å². The van der Waals surface area contributed by atoms with E-state index in [2.05, 4.69) is 59.8 Å². The molecule has 1 aromatic carbocycles. The summed E-state index contributed by atoms with van der Waals surface area (Å²) < 4.78 is 0. The molecule has 2 heterocycles. The van der Waals surface area contributed by atoms with Gasteiger partial charge in [-0.25, -0.2) is 4.98 Å². The van der Waals surface area contributed by atoms with E-state index in [1.165, 1.54) is 11.3 Å². The number of para-hydroxylation sites is 1. The molecule has 1 aromatic heterocycles. The van der Waals surface area contributed by atoms with E-state index < -0.39 is 0 Å². The first-order valence-corrected chi connectivity index (χ1v) is 8.69. The third kappa shape index (κ3) is 3.16. The first-order valence-electron chi connectivity index (χ1n) is 8.69. The van der Waals surface area contributed by atoms with Crippen LogP contribution in [0.2, 0.25) is 0 Å². The highest BCUT2D eigenvalue weighted by molar-refractivity contribution is 5.67. The summed E-state index contributed by atoms with van der Waals surface area (Å²) in [5.41, 5.74) is 2.63. The summed E-state index contributed by atoms with van der Waals surface area (Å²) in [5, 5.41) is 0. The number of anilines is 3. The molecule has 23 heavy (non-hydrogen) atoms. The van der Waals surface area contributed by atoms with Crippen molar-refractivity contribution in [1.29, 1.82) is 0 Å². The van der Waals surface area contributed by atoms with Crippen LogP contribution < -0.4 is 9.80 Å². The highest BCUT2D eigenvalue weighted by atomic mass is 15.3. The number of rotatable bonds is 6. The van der Waals surface area contributed by atoms with Gasteiger partial charge < -0.3 is 9.80 Å². The normalized spacial score (nSPS) is 16.5. The number of aromatic nitrogens is 2. The summed E-state index contributed by atoms with van der Waals surface area (Å²) in [6.45, 7) is 8.74. The molecule has 0 fully saturated rings. The summed E-state index contributed by atoms with van der Waals surface area (Å²) in [4.78, 5) is 14.1. The number of hydrogen-bond donors (Lipinski definition) is 0. The van der Waals surface area contributed by atoms with Gasteiger partial charge in [0, 0.05) is 31.0 Å². The van der Waals surface area contributed by atoms with E-state index in [4.69, 9.17) is 4.98 Å². The minimum Gasteiger partial charge on any atom is -0.356 e. The highest BCUT2D eigenvalue weighted by Gasteiger charge is 2.28. The highest BCUT2D eigenvalue weighted by Crippen LogP contribution is 2.36. The lowest BCUT2D eigenvalue weighted by atomic mass is 10.1. The Bertz CT molecular complexity index is 649. The van der Waals surface area contributed by atoms with Crippen LogP contribution in [0.5, 0.6) is 0 Å². The first kappa shape index (κ1) is 15.8. The maximum absolute atomic E-state index is 4.88. The summed E-state index contributed by atoms with van der Waals surface area (Å²) in [7, 11) is 0. The Morgan fingerprint density at radius 2 is 1.87 bits per heavy atom. The molecule has 0 saturated carbocycles. The summed E-state index contributed by atoms with van der Waals surface area (Å²) in [6.07, 6.45) is 5.20. The molecule has 0 N–H and O–H groups in total. The Kier molecular flexibility index (Phi) is 4.79. The van der Waals surface area contributed by atoms with Gasteiger partial charge in [-0.2, -0.15) is 4.98 Å². The maximum atomic E-state index is 4.88. The van der Waals surface area contributed by atoms with Gasteiger partial charge in [0.15, 0.2) is 0 Å². The standard InChI is InChI=1S/C19H26N4/c1-4-12-22(13-5-2)18-10-11-20-19(21-18)23-15(3)14-16-8-6-7-9-17(16)23/h6-11,15H,4-5,12-14H2,1-3H3. The third-order valence-electron chi connectivity index (χ3n) is 4.36. The van der Waals surface area contributed by atoms with Crippen LogP contribution in [0.3, 0.4) is 0 Å². The van der Waals surface area contributed by atoms with Crippen LogP contribution in [-0.2, 0) is 6.42 Å². The molecule has 3 rings (SSSR count). The van der Waals surface area contributed by atoms with E-state index in [1.54, 1.807) is 0 Å². The van der Waals surface area contributed by atoms with Crippen molar-refractivity contribution in [3.63, 3.8) is 0 Å². The molecule has 1 aliphatic rings. The SMILES string of the molecule is CCCN(CCC)c1ccnc(N2c3ccccc3CC2C)n1. The van der Waals surface area contributed by atoms with Crippen LogP contribution in [0.4, 0.5) is 17.5 Å². The first-order chi connectivity index (χ1) is 11.2. The largest absolute Gasteiger partial charge is 0.356 e. The molecular weight excluding hydrogens is 284 g/mol. The topological polar surface area (TPSA) is 32.3 Å². The fourth-order valence-electron chi connectivity index (χ4n) is 3.38. The van der Waals surface area contributed by atoms with Crippen molar-refractivity contribution in [2.75, 3.05) is 22.9 Å². The Morgan fingerprint density at radius 3 is 2.61 bits per heavy atom. The van der Waals surface area contributed by atoms with Crippen molar-refractivity contribution >= 4 is 17.5 Å². The molecule has 1 unspecified atom stereocenters. The van der Waals surface area contributed by atoms with Crippen molar-refractivity contribution in [1.82, 2.24) is 9.97 Å². The summed E-state index contributed by atoms with van der Waals surface area (Å²) >= 11 is 0. The van der Waals surface area contributed by atoms with Gasteiger partial charge in [0.2, 0.25) is 5.95 Å². The number of hydrogen-bond acceptors (Lipinski definition) is 4. The monoisotopic (exact) mass is 310 g/mol. The van der Waals surface area contributed by atoms with Crippen molar-refractivity contribution in [2.45, 2.75) is 46.1 Å². The molecular formula is C19H26N4.